The number of hydrogen-bond donors (Lipinski definition) is 1. The standard InChI is InChI=1S/C28H22N2O7/c1-35-27(33)20-22-24(37-25(20)28(34)36-2)18-13-7-6-12-17(18)23(31)21(19-14-8-9-15-29-19)30(22)26(32)16-10-4-3-5-11-16/h3-15,21,23,31H,1-2H3/t21-,23-/m1/s1. The van der Waals surface area contributed by atoms with Gasteiger partial charge in [0.1, 0.15) is 23.4 Å². The van der Waals surface area contributed by atoms with Gasteiger partial charge in [-0.25, -0.2) is 9.59 Å². The van der Waals surface area contributed by atoms with Crippen LogP contribution in [-0.4, -0.2) is 42.2 Å². The number of aliphatic hydroxyl groups excluding tert-OH is 1. The monoisotopic (exact) mass is 498 g/mol. The van der Waals surface area contributed by atoms with Gasteiger partial charge in [0.15, 0.2) is 5.76 Å². The highest BCUT2D eigenvalue weighted by molar-refractivity contribution is 6.16. The number of hydrogen-bond acceptors (Lipinski definition) is 8. The molecular weight excluding hydrogens is 476 g/mol. The molecule has 0 fully saturated rings. The fraction of sp³-hybridized carbons (Fsp3) is 0.143. The molecule has 0 bridgehead atoms. The molecule has 0 saturated heterocycles. The molecule has 0 spiro atoms. The van der Waals surface area contributed by atoms with E-state index in [1.807, 2.05) is 0 Å². The molecule has 0 radical (unpaired) electrons. The molecule has 0 saturated carbocycles. The van der Waals surface area contributed by atoms with Gasteiger partial charge in [0.2, 0.25) is 5.76 Å². The number of nitrogens with zero attached hydrogens (tertiary/aromatic N) is 2. The van der Waals surface area contributed by atoms with Crippen molar-refractivity contribution in [2.75, 3.05) is 19.1 Å². The molecule has 9 heteroatoms. The summed E-state index contributed by atoms with van der Waals surface area (Å²) in [5, 5.41) is 11.7. The first-order valence-corrected chi connectivity index (χ1v) is 11.4. The third-order valence-corrected chi connectivity index (χ3v) is 6.22. The summed E-state index contributed by atoms with van der Waals surface area (Å²) in [5.74, 6) is -2.76. The molecule has 1 aliphatic rings. The van der Waals surface area contributed by atoms with Gasteiger partial charge in [0, 0.05) is 17.3 Å². The van der Waals surface area contributed by atoms with E-state index in [0.717, 1.165) is 14.2 Å². The summed E-state index contributed by atoms with van der Waals surface area (Å²) >= 11 is 0. The summed E-state index contributed by atoms with van der Waals surface area (Å²) in [6.07, 6.45) is 0.273. The van der Waals surface area contributed by atoms with Crippen LogP contribution in [0.1, 0.15) is 54.7 Å². The molecule has 5 rings (SSSR count). The van der Waals surface area contributed by atoms with Crippen LogP contribution in [-0.2, 0) is 9.47 Å². The minimum Gasteiger partial charge on any atom is -0.465 e. The predicted molar refractivity (Wildman–Crippen MR) is 132 cm³/mol. The van der Waals surface area contributed by atoms with Gasteiger partial charge in [-0.05, 0) is 29.8 Å². The number of carbonyl (C=O) groups is 3. The fourth-order valence-electron chi connectivity index (χ4n) is 4.57. The van der Waals surface area contributed by atoms with Gasteiger partial charge in [-0.2, -0.15) is 0 Å². The third-order valence-electron chi connectivity index (χ3n) is 6.22. The zero-order valence-corrected chi connectivity index (χ0v) is 20.0. The van der Waals surface area contributed by atoms with E-state index < -0.39 is 35.8 Å². The normalized spacial score (nSPS) is 16.2. The summed E-state index contributed by atoms with van der Waals surface area (Å²) in [6, 6.07) is 19.2. The lowest BCUT2D eigenvalue weighted by Gasteiger charge is -2.33. The van der Waals surface area contributed by atoms with Crippen LogP contribution < -0.4 is 4.90 Å². The van der Waals surface area contributed by atoms with E-state index in [4.69, 9.17) is 13.9 Å². The number of furan rings is 1. The number of anilines is 1. The van der Waals surface area contributed by atoms with Crippen molar-refractivity contribution >= 4 is 23.5 Å². The first-order valence-electron chi connectivity index (χ1n) is 11.4. The Kier molecular flexibility index (Phi) is 6.29. The number of amides is 1. The minimum atomic E-state index is -1.27. The Bertz CT molecular complexity index is 1480. The molecule has 0 unspecified atom stereocenters. The van der Waals surface area contributed by atoms with E-state index in [1.54, 1.807) is 79.0 Å². The van der Waals surface area contributed by atoms with Gasteiger partial charge < -0.3 is 19.0 Å². The van der Waals surface area contributed by atoms with Crippen molar-refractivity contribution in [1.29, 1.82) is 0 Å². The maximum atomic E-state index is 14.2. The lowest BCUT2D eigenvalue weighted by Crippen LogP contribution is -2.39. The van der Waals surface area contributed by atoms with Gasteiger partial charge in [0.25, 0.3) is 5.91 Å². The van der Waals surface area contributed by atoms with Crippen LogP contribution in [0.5, 0.6) is 0 Å². The smallest absolute Gasteiger partial charge is 0.374 e. The zero-order valence-electron chi connectivity index (χ0n) is 20.0. The predicted octanol–water partition coefficient (Wildman–Crippen LogP) is 4.35. The number of rotatable bonds is 4. The number of aromatic nitrogens is 1. The van der Waals surface area contributed by atoms with Crippen molar-refractivity contribution in [1.82, 2.24) is 4.98 Å². The SMILES string of the molecule is COC(=O)c1oc2c(c1C(=O)OC)N(C(=O)c1ccccc1)[C@H](c1ccccn1)[C@H](O)c1ccccc1-2. The summed E-state index contributed by atoms with van der Waals surface area (Å²) < 4.78 is 15.8. The second-order valence-corrected chi connectivity index (χ2v) is 8.24. The second-order valence-electron chi connectivity index (χ2n) is 8.24. The topological polar surface area (TPSA) is 119 Å². The number of carbonyl (C=O) groups excluding carboxylic acids is 3. The Morgan fingerprint density at radius 2 is 1.57 bits per heavy atom. The number of methoxy groups -OCH3 is 2. The molecule has 4 aromatic rings. The molecule has 186 valence electrons. The van der Waals surface area contributed by atoms with Gasteiger partial charge >= 0.3 is 11.9 Å². The van der Waals surface area contributed by atoms with Crippen LogP contribution >= 0.6 is 0 Å². The number of ether oxygens (including phenoxy) is 2. The van der Waals surface area contributed by atoms with Crippen LogP contribution in [0.4, 0.5) is 5.69 Å². The Hall–Kier alpha value is -4.76. The highest BCUT2D eigenvalue weighted by Gasteiger charge is 2.46. The Morgan fingerprint density at radius 1 is 0.892 bits per heavy atom. The Balaban J connectivity index is 1.92. The molecule has 1 aliphatic heterocycles. The zero-order chi connectivity index (χ0) is 26.1. The van der Waals surface area contributed by atoms with Crippen molar-refractivity contribution in [2.24, 2.45) is 0 Å². The van der Waals surface area contributed by atoms with E-state index in [9.17, 15) is 19.5 Å². The van der Waals surface area contributed by atoms with E-state index in [1.165, 1.54) is 4.90 Å². The molecule has 1 N–H and O–H groups in total. The van der Waals surface area contributed by atoms with Crippen LogP contribution in [0.25, 0.3) is 11.3 Å². The van der Waals surface area contributed by atoms with Gasteiger partial charge in [-0.3, -0.25) is 14.7 Å². The quantitative estimate of drug-likeness (QED) is 0.413. The van der Waals surface area contributed by atoms with Crippen LogP contribution in [0, 0.1) is 0 Å². The molecular formula is C28H22N2O7. The molecule has 37 heavy (non-hydrogen) atoms. The number of pyridine rings is 1. The second kappa shape index (κ2) is 9.71. The summed E-state index contributed by atoms with van der Waals surface area (Å²) in [6.45, 7) is 0. The molecule has 2 atom stereocenters. The van der Waals surface area contributed by atoms with E-state index in [0.29, 0.717) is 16.8 Å². The third kappa shape index (κ3) is 3.95. The van der Waals surface area contributed by atoms with Crippen molar-refractivity contribution in [3.05, 3.63) is 107 Å². The van der Waals surface area contributed by atoms with Crippen molar-refractivity contribution in [3.8, 4) is 11.3 Å². The van der Waals surface area contributed by atoms with Crippen molar-refractivity contribution < 1.29 is 33.4 Å². The van der Waals surface area contributed by atoms with Gasteiger partial charge in [0.05, 0.1) is 19.9 Å². The number of fused-ring (bicyclic) bond motifs is 3. The molecule has 0 aliphatic carbocycles. The Labute approximate surface area is 211 Å². The summed E-state index contributed by atoms with van der Waals surface area (Å²) in [5.41, 5.74) is 1.14. The van der Waals surface area contributed by atoms with Crippen molar-refractivity contribution in [2.45, 2.75) is 12.1 Å². The highest BCUT2D eigenvalue weighted by Crippen LogP contribution is 2.51. The summed E-state index contributed by atoms with van der Waals surface area (Å²) in [7, 11) is 2.31. The first-order chi connectivity index (χ1) is 18.0. The number of esters is 2. The molecule has 3 heterocycles. The molecule has 2 aromatic carbocycles. The van der Waals surface area contributed by atoms with E-state index in [2.05, 4.69) is 4.98 Å². The van der Waals surface area contributed by atoms with Crippen LogP contribution in [0.15, 0.2) is 83.4 Å². The van der Waals surface area contributed by atoms with Gasteiger partial charge in [-0.15, -0.1) is 0 Å². The van der Waals surface area contributed by atoms with Crippen molar-refractivity contribution in [3.63, 3.8) is 0 Å². The largest absolute Gasteiger partial charge is 0.465 e. The highest BCUT2D eigenvalue weighted by atomic mass is 16.5. The van der Waals surface area contributed by atoms with E-state index in [-0.39, 0.29) is 22.6 Å². The lowest BCUT2D eigenvalue weighted by molar-refractivity contribution is 0.0529. The summed E-state index contributed by atoms with van der Waals surface area (Å²) in [4.78, 5) is 45.7. The molecule has 1 amide bonds. The first kappa shape index (κ1) is 24.0. The minimum absolute atomic E-state index is 0.0271. The maximum absolute atomic E-state index is 14.2. The number of benzene rings is 2. The average Bonchev–Trinajstić information content (AvgIpc) is 3.31. The maximum Gasteiger partial charge on any atom is 0.374 e. The number of aliphatic hydroxyl groups is 1. The van der Waals surface area contributed by atoms with Crippen LogP contribution in [0.3, 0.4) is 0 Å². The van der Waals surface area contributed by atoms with E-state index >= 15 is 0 Å². The fourth-order valence-corrected chi connectivity index (χ4v) is 4.57. The average molecular weight is 498 g/mol. The Morgan fingerprint density at radius 3 is 2.24 bits per heavy atom. The lowest BCUT2D eigenvalue weighted by atomic mass is 9.95. The molecule has 9 nitrogen and oxygen atoms in total. The van der Waals surface area contributed by atoms with Gasteiger partial charge in [-0.1, -0.05) is 48.5 Å². The molecule has 2 aromatic heterocycles. The van der Waals surface area contributed by atoms with Crippen LogP contribution in [0.2, 0.25) is 0 Å².